The number of piperazine rings is 1. The monoisotopic (exact) mass is 333 g/mol. The van der Waals surface area contributed by atoms with E-state index in [1.54, 1.807) is 0 Å². The molecule has 1 unspecified atom stereocenters. The zero-order valence-electron chi connectivity index (χ0n) is 14.5. The predicted molar refractivity (Wildman–Crippen MR) is 92.7 cm³/mol. The van der Waals surface area contributed by atoms with Crippen LogP contribution in [0.25, 0.3) is 0 Å². The molecular weight excluding hydrogens is 306 g/mol. The van der Waals surface area contributed by atoms with Crippen molar-refractivity contribution in [3.05, 3.63) is 35.9 Å². The molecule has 1 atom stereocenters. The van der Waals surface area contributed by atoms with Gasteiger partial charge in [-0.25, -0.2) is 4.79 Å². The summed E-state index contributed by atoms with van der Waals surface area (Å²) in [5.41, 5.74) is 1.16. The number of ether oxygens (including phenoxy) is 1. The van der Waals surface area contributed by atoms with Crippen molar-refractivity contribution in [1.82, 2.24) is 15.1 Å². The van der Waals surface area contributed by atoms with Gasteiger partial charge in [0.25, 0.3) is 0 Å². The number of nitrogens with one attached hydrogen (secondary N) is 1. The summed E-state index contributed by atoms with van der Waals surface area (Å²) in [5, 5.41) is 2.98. The first-order valence-electron chi connectivity index (χ1n) is 8.46. The van der Waals surface area contributed by atoms with Gasteiger partial charge in [0.05, 0.1) is 13.2 Å². The Kier molecular flexibility index (Phi) is 7.06. The number of nitrogens with zero attached hydrogens (tertiary/aromatic N) is 2. The summed E-state index contributed by atoms with van der Waals surface area (Å²) in [6, 6.07) is 10.2. The number of carbonyl (C=O) groups excluding carboxylic acids is 2. The van der Waals surface area contributed by atoms with Gasteiger partial charge in [-0.3, -0.25) is 4.79 Å². The predicted octanol–water partition coefficient (Wildman–Crippen LogP) is 2.03. The summed E-state index contributed by atoms with van der Waals surface area (Å²) in [4.78, 5) is 27.8. The standard InChI is InChI=1S/C18H27N3O3/c1-20-12-13-21(16(14-20)15-8-4-3-5-9-15)18(23)19-11-7-6-10-17(22)24-2/h3-5,8-9,16H,6-7,10-14H2,1-2H3,(H,19,23). The average molecular weight is 333 g/mol. The lowest BCUT2D eigenvalue weighted by Crippen LogP contribution is -2.52. The Morgan fingerprint density at radius 2 is 1.96 bits per heavy atom. The Morgan fingerprint density at radius 3 is 2.67 bits per heavy atom. The summed E-state index contributed by atoms with van der Waals surface area (Å²) in [5.74, 6) is -0.204. The number of likely N-dealkylation sites (N-methyl/N-ethyl adjacent to an activating group) is 1. The van der Waals surface area contributed by atoms with Crippen LogP contribution in [0.1, 0.15) is 30.9 Å². The highest BCUT2D eigenvalue weighted by molar-refractivity contribution is 5.75. The Bertz CT molecular complexity index is 536. The zero-order valence-corrected chi connectivity index (χ0v) is 14.5. The maximum atomic E-state index is 12.5. The van der Waals surface area contributed by atoms with Crippen molar-refractivity contribution in [3.63, 3.8) is 0 Å². The number of rotatable bonds is 6. The fraction of sp³-hybridized carbons (Fsp3) is 0.556. The number of benzene rings is 1. The van der Waals surface area contributed by atoms with Crippen LogP contribution in [0, 0.1) is 0 Å². The molecule has 0 radical (unpaired) electrons. The molecule has 132 valence electrons. The molecule has 1 fully saturated rings. The molecule has 1 heterocycles. The lowest BCUT2D eigenvalue weighted by molar-refractivity contribution is -0.140. The van der Waals surface area contributed by atoms with E-state index in [-0.39, 0.29) is 18.0 Å². The van der Waals surface area contributed by atoms with Gasteiger partial charge in [0.15, 0.2) is 0 Å². The molecule has 6 heteroatoms. The first-order chi connectivity index (χ1) is 11.6. The van der Waals surface area contributed by atoms with Crippen molar-refractivity contribution in [1.29, 1.82) is 0 Å². The molecule has 2 rings (SSSR count). The Labute approximate surface area is 143 Å². The maximum Gasteiger partial charge on any atom is 0.318 e. The molecule has 0 bridgehead atoms. The fourth-order valence-corrected chi connectivity index (χ4v) is 2.92. The molecule has 0 saturated carbocycles. The molecule has 0 spiro atoms. The van der Waals surface area contributed by atoms with Crippen molar-refractivity contribution < 1.29 is 14.3 Å². The van der Waals surface area contributed by atoms with Crippen molar-refractivity contribution in [3.8, 4) is 0 Å². The highest BCUT2D eigenvalue weighted by atomic mass is 16.5. The molecule has 1 aromatic rings. The lowest BCUT2D eigenvalue weighted by atomic mass is 10.0. The van der Waals surface area contributed by atoms with Gasteiger partial charge < -0.3 is 19.9 Å². The number of hydrogen-bond donors (Lipinski definition) is 1. The van der Waals surface area contributed by atoms with Gasteiger partial charge in [0, 0.05) is 32.6 Å². The van der Waals surface area contributed by atoms with Crippen LogP contribution in [0.15, 0.2) is 30.3 Å². The van der Waals surface area contributed by atoms with E-state index < -0.39 is 0 Å². The van der Waals surface area contributed by atoms with Crippen LogP contribution in [-0.4, -0.2) is 62.1 Å². The first-order valence-corrected chi connectivity index (χ1v) is 8.46. The van der Waals surface area contributed by atoms with Crippen molar-refractivity contribution in [2.45, 2.75) is 25.3 Å². The Morgan fingerprint density at radius 1 is 1.21 bits per heavy atom. The largest absolute Gasteiger partial charge is 0.469 e. The minimum atomic E-state index is -0.204. The minimum absolute atomic E-state index is 0.0324. The van der Waals surface area contributed by atoms with Gasteiger partial charge in [-0.15, -0.1) is 0 Å². The molecule has 6 nitrogen and oxygen atoms in total. The van der Waals surface area contributed by atoms with Gasteiger partial charge in [-0.2, -0.15) is 0 Å². The SMILES string of the molecule is COC(=O)CCCCNC(=O)N1CCN(C)CC1c1ccccc1. The third-order valence-electron chi connectivity index (χ3n) is 4.34. The molecule has 1 aliphatic rings. The van der Waals surface area contributed by atoms with Crippen LogP contribution in [0.4, 0.5) is 4.79 Å². The third-order valence-corrected chi connectivity index (χ3v) is 4.34. The van der Waals surface area contributed by atoms with Gasteiger partial charge in [-0.1, -0.05) is 30.3 Å². The van der Waals surface area contributed by atoms with Crippen molar-refractivity contribution in [2.75, 3.05) is 40.3 Å². The van der Waals surface area contributed by atoms with E-state index in [0.717, 1.165) is 31.5 Å². The van der Waals surface area contributed by atoms with Crippen LogP contribution < -0.4 is 5.32 Å². The van der Waals surface area contributed by atoms with E-state index in [2.05, 4.69) is 34.1 Å². The number of hydrogen-bond acceptors (Lipinski definition) is 4. The van der Waals surface area contributed by atoms with E-state index in [9.17, 15) is 9.59 Å². The fourth-order valence-electron chi connectivity index (χ4n) is 2.92. The molecule has 24 heavy (non-hydrogen) atoms. The highest BCUT2D eigenvalue weighted by Gasteiger charge is 2.29. The van der Waals surface area contributed by atoms with Crippen molar-refractivity contribution in [2.24, 2.45) is 0 Å². The quantitative estimate of drug-likeness (QED) is 0.639. The molecule has 2 amide bonds. The maximum absolute atomic E-state index is 12.5. The summed E-state index contributed by atoms with van der Waals surface area (Å²) < 4.78 is 4.61. The first kappa shape index (κ1) is 18.3. The molecule has 1 aliphatic heterocycles. The normalized spacial score (nSPS) is 18.2. The van der Waals surface area contributed by atoms with Gasteiger partial charge in [0.1, 0.15) is 0 Å². The van der Waals surface area contributed by atoms with E-state index in [0.29, 0.717) is 19.5 Å². The van der Waals surface area contributed by atoms with Crippen LogP contribution in [-0.2, 0) is 9.53 Å². The number of methoxy groups -OCH3 is 1. The molecule has 0 aliphatic carbocycles. The summed E-state index contributed by atoms with van der Waals surface area (Å²) in [7, 11) is 3.47. The van der Waals surface area contributed by atoms with E-state index in [1.165, 1.54) is 7.11 Å². The number of carbonyl (C=O) groups is 2. The van der Waals surface area contributed by atoms with Gasteiger partial charge in [0.2, 0.25) is 0 Å². The Balaban J connectivity index is 1.85. The Hall–Kier alpha value is -2.08. The average Bonchev–Trinajstić information content (AvgIpc) is 2.61. The molecule has 1 aromatic carbocycles. The second-order valence-electron chi connectivity index (χ2n) is 6.15. The van der Waals surface area contributed by atoms with Crippen LogP contribution in [0.3, 0.4) is 0 Å². The number of esters is 1. The molecule has 0 aromatic heterocycles. The highest BCUT2D eigenvalue weighted by Crippen LogP contribution is 2.24. The van der Waals surface area contributed by atoms with E-state index in [4.69, 9.17) is 0 Å². The third kappa shape index (κ3) is 5.23. The van der Waals surface area contributed by atoms with E-state index >= 15 is 0 Å². The summed E-state index contributed by atoms with van der Waals surface area (Å²) in [6.45, 7) is 2.99. The smallest absolute Gasteiger partial charge is 0.318 e. The summed E-state index contributed by atoms with van der Waals surface area (Å²) >= 11 is 0. The minimum Gasteiger partial charge on any atom is -0.469 e. The number of unbranched alkanes of at least 4 members (excludes halogenated alkanes) is 1. The number of amides is 2. The molecular formula is C18H27N3O3. The number of urea groups is 1. The summed E-state index contributed by atoms with van der Waals surface area (Å²) in [6.07, 6.45) is 1.88. The second-order valence-corrected chi connectivity index (χ2v) is 6.15. The van der Waals surface area contributed by atoms with Crippen LogP contribution in [0.5, 0.6) is 0 Å². The van der Waals surface area contributed by atoms with Gasteiger partial charge in [-0.05, 0) is 25.5 Å². The topological polar surface area (TPSA) is 61.9 Å². The second kappa shape index (κ2) is 9.27. The van der Waals surface area contributed by atoms with Crippen LogP contribution >= 0.6 is 0 Å². The molecule has 1 saturated heterocycles. The van der Waals surface area contributed by atoms with Crippen LogP contribution in [0.2, 0.25) is 0 Å². The van der Waals surface area contributed by atoms with Gasteiger partial charge >= 0.3 is 12.0 Å². The lowest BCUT2D eigenvalue weighted by Gasteiger charge is -2.40. The van der Waals surface area contributed by atoms with E-state index in [1.807, 2.05) is 23.1 Å². The van der Waals surface area contributed by atoms with Crippen molar-refractivity contribution >= 4 is 12.0 Å². The molecule has 1 N–H and O–H groups in total. The zero-order chi connectivity index (χ0) is 17.4.